The molecule has 0 amide bonds. The van der Waals surface area contributed by atoms with Crippen molar-refractivity contribution in [1.82, 2.24) is 0 Å². The standard InChI is InChI=1S/C21H32O3/c1-6-7-12-23-15-17(2)20-9-8-10-21(14-20)18(3)16-24-13-11-19(4)22-5/h8-10,14-16,19H,6-7,11-13H2,1-5H3. The highest BCUT2D eigenvalue weighted by Gasteiger charge is 2.02. The third kappa shape index (κ3) is 7.69. The van der Waals surface area contributed by atoms with Crippen molar-refractivity contribution in [2.45, 2.75) is 53.1 Å². The molecule has 1 aromatic rings. The summed E-state index contributed by atoms with van der Waals surface area (Å²) in [5, 5.41) is 0. The van der Waals surface area contributed by atoms with Crippen molar-refractivity contribution in [3.05, 3.63) is 47.9 Å². The fraction of sp³-hybridized carbons (Fsp3) is 0.524. The van der Waals surface area contributed by atoms with Crippen molar-refractivity contribution in [3.63, 3.8) is 0 Å². The van der Waals surface area contributed by atoms with Crippen LogP contribution in [0.3, 0.4) is 0 Å². The molecule has 0 bridgehead atoms. The van der Waals surface area contributed by atoms with Gasteiger partial charge in [-0.2, -0.15) is 0 Å². The summed E-state index contributed by atoms with van der Waals surface area (Å²) < 4.78 is 16.4. The molecule has 0 aliphatic heterocycles. The molecule has 24 heavy (non-hydrogen) atoms. The quantitative estimate of drug-likeness (QED) is 0.386. The molecule has 1 unspecified atom stereocenters. The highest BCUT2D eigenvalue weighted by molar-refractivity contribution is 5.70. The minimum atomic E-state index is 0.225. The van der Waals surface area contributed by atoms with Crippen LogP contribution in [0, 0.1) is 0 Å². The van der Waals surface area contributed by atoms with Crippen molar-refractivity contribution in [1.29, 1.82) is 0 Å². The molecule has 0 aromatic heterocycles. The SMILES string of the molecule is CCCCOC=C(C)c1cccc(C(C)=COCCC(C)OC)c1. The van der Waals surface area contributed by atoms with Gasteiger partial charge in [-0.3, -0.25) is 0 Å². The molecule has 0 aliphatic rings. The van der Waals surface area contributed by atoms with Crippen LogP contribution in [-0.2, 0) is 14.2 Å². The number of allylic oxidation sites excluding steroid dienone is 2. The van der Waals surface area contributed by atoms with Crippen LogP contribution < -0.4 is 0 Å². The van der Waals surface area contributed by atoms with E-state index in [1.165, 1.54) is 5.56 Å². The van der Waals surface area contributed by atoms with Gasteiger partial charge in [-0.05, 0) is 55.5 Å². The average Bonchev–Trinajstić information content (AvgIpc) is 2.61. The Morgan fingerprint density at radius 1 is 1.04 bits per heavy atom. The van der Waals surface area contributed by atoms with Gasteiger partial charge in [0, 0.05) is 13.5 Å². The zero-order valence-electron chi connectivity index (χ0n) is 15.8. The van der Waals surface area contributed by atoms with E-state index >= 15 is 0 Å². The molecule has 134 valence electrons. The van der Waals surface area contributed by atoms with Gasteiger partial charge < -0.3 is 14.2 Å². The summed E-state index contributed by atoms with van der Waals surface area (Å²) in [7, 11) is 1.72. The molecule has 1 atom stereocenters. The molecule has 0 heterocycles. The van der Waals surface area contributed by atoms with Crippen LogP contribution in [0.4, 0.5) is 0 Å². The van der Waals surface area contributed by atoms with E-state index < -0.39 is 0 Å². The molecule has 0 spiro atoms. The minimum Gasteiger partial charge on any atom is -0.501 e. The van der Waals surface area contributed by atoms with E-state index in [0.717, 1.165) is 42.6 Å². The van der Waals surface area contributed by atoms with Gasteiger partial charge in [0.05, 0.1) is 31.8 Å². The topological polar surface area (TPSA) is 27.7 Å². The van der Waals surface area contributed by atoms with Crippen molar-refractivity contribution in [3.8, 4) is 0 Å². The van der Waals surface area contributed by atoms with E-state index in [0.29, 0.717) is 6.61 Å². The van der Waals surface area contributed by atoms with Gasteiger partial charge in [0.2, 0.25) is 0 Å². The highest BCUT2D eigenvalue weighted by atomic mass is 16.5. The molecule has 0 radical (unpaired) electrons. The summed E-state index contributed by atoms with van der Waals surface area (Å²) >= 11 is 0. The summed E-state index contributed by atoms with van der Waals surface area (Å²) in [4.78, 5) is 0. The van der Waals surface area contributed by atoms with Crippen LogP contribution in [0.25, 0.3) is 11.1 Å². The van der Waals surface area contributed by atoms with Gasteiger partial charge in [0.1, 0.15) is 0 Å². The van der Waals surface area contributed by atoms with E-state index in [-0.39, 0.29) is 6.10 Å². The van der Waals surface area contributed by atoms with Crippen LogP contribution in [0.1, 0.15) is 58.1 Å². The van der Waals surface area contributed by atoms with Crippen molar-refractivity contribution in [2.75, 3.05) is 20.3 Å². The first kappa shape index (κ1) is 20.3. The van der Waals surface area contributed by atoms with E-state index in [9.17, 15) is 0 Å². The molecule has 0 aliphatic carbocycles. The molecule has 1 aromatic carbocycles. The van der Waals surface area contributed by atoms with Gasteiger partial charge in [0.25, 0.3) is 0 Å². The normalized spacial score (nSPS) is 13.7. The minimum absolute atomic E-state index is 0.225. The van der Waals surface area contributed by atoms with E-state index in [1.807, 2.05) is 19.4 Å². The molecule has 0 N–H and O–H groups in total. The Kier molecular flexibility index (Phi) is 9.94. The van der Waals surface area contributed by atoms with Crippen molar-refractivity contribution < 1.29 is 14.2 Å². The Morgan fingerprint density at radius 2 is 1.62 bits per heavy atom. The third-order valence-electron chi connectivity index (χ3n) is 3.95. The van der Waals surface area contributed by atoms with Crippen LogP contribution >= 0.6 is 0 Å². The summed E-state index contributed by atoms with van der Waals surface area (Å²) in [5.74, 6) is 0. The molecule has 0 fully saturated rings. The Morgan fingerprint density at radius 3 is 2.17 bits per heavy atom. The lowest BCUT2D eigenvalue weighted by Crippen LogP contribution is -2.07. The van der Waals surface area contributed by atoms with Crippen LogP contribution in [-0.4, -0.2) is 26.4 Å². The molecule has 3 nitrogen and oxygen atoms in total. The van der Waals surface area contributed by atoms with E-state index in [1.54, 1.807) is 7.11 Å². The predicted octanol–water partition coefficient (Wildman–Crippen LogP) is 5.67. The number of unbranched alkanes of at least 4 members (excludes halogenated alkanes) is 1. The lowest BCUT2D eigenvalue weighted by Gasteiger charge is -2.10. The van der Waals surface area contributed by atoms with Gasteiger partial charge >= 0.3 is 0 Å². The second-order valence-corrected chi connectivity index (χ2v) is 6.11. The molecular weight excluding hydrogens is 300 g/mol. The Labute approximate surface area is 147 Å². The fourth-order valence-corrected chi connectivity index (χ4v) is 2.09. The predicted molar refractivity (Wildman–Crippen MR) is 102 cm³/mol. The monoisotopic (exact) mass is 332 g/mol. The Hall–Kier alpha value is -1.74. The number of ether oxygens (including phenoxy) is 3. The first-order valence-electron chi connectivity index (χ1n) is 8.78. The van der Waals surface area contributed by atoms with Crippen molar-refractivity contribution >= 4 is 11.1 Å². The Bertz CT molecular complexity index is 532. The first-order chi connectivity index (χ1) is 11.6. The number of hydrogen-bond acceptors (Lipinski definition) is 3. The van der Waals surface area contributed by atoms with E-state index in [2.05, 4.69) is 45.0 Å². The first-order valence-corrected chi connectivity index (χ1v) is 8.78. The second-order valence-electron chi connectivity index (χ2n) is 6.11. The maximum atomic E-state index is 5.63. The molecule has 0 saturated carbocycles. The number of methoxy groups -OCH3 is 1. The molecule has 1 rings (SSSR count). The molecular formula is C21H32O3. The van der Waals surface area contributed by atoms with Gasteiger partial charge in [-0.25, -0.2) is 0 Å². The summed E-state index contributed by atoms with van der Waals surface area (Å²) in [6.07, 6.45) is 7.04. The van der Waals surface area contributed by atoms with E-state index in [4.69, 9.17) is 14.2 Å². The lowest BCUT2D eigenvalue weighted by molar-refractivity contribution is 0.0877. The van der Waals surface area contributed by atoms with Crippen LogP contribution in [0.2, 0.25) is 0 Å². The number of benzene rings is 1. The summed E-state index contributed by atoms with van der Waals surface area (Å²) in [6, 6.07) is 8.44. The number of hydrogen-bond donors (Lipinski definition) is 0. The van der Waals surface area contributed by atoms with Gasteiger partial charge in [0.15, 0.2) is 0 Å². The van der Waals surface area contributed by atoms with Gasteiger partial charge in [-0.1, -0.05) is 31.5 Å². The smallest absolute Gasteiger partial charge is 0.0898 e. The maximum Gasteiger partial charge on any atom is 0.0898 e. The number of rotatable bonds is 11. The molecule has 3 heteroatoms. The summed E-state index contributed by atoms with van der Waals surface area (Å²) in [5.41, 5.74) is 4.58. The fourth-order valence-electron chi connectivity index (χ4n) is 2.09. The highest BCUT2D eigenvalue weighted by Crippen LogP contribution is 2.20. The zero-order valence-corrected chi connectivity index (χ0v) is 15.8. The van der Waals surface area contributed by atoms with Crippen molar-refractivity contribution in [2.24, 2.45) is 0 Å². The van der Waals surface area contributed by atoms with Crippen LogP contribution in [0.5, 0.6) is 0 Å². The lowest BCUT2D eigenvalue weighted by atomic mass is 10.0. The Balaban J connectivity index is 2.62. The third-order valence-corrected chi connectivity index (χ3v) is 3.95. The average molecular weight is 332 g/mol. The molecule has 0 saturated heterocycles. The zero-order chi connectivity index (χ0) is 17.8. The maximum absolute atomic E-state index is 5.63. The van der Waals surface area contributed by atoms with Gasteiger partial charge in [-0.15, -0.1) is 0 Å². The second kappa shape index (κ2) is 11.7. The largest absolute Gasteiger partial charge is 0.501 e. The summed E-state index contributed by atoms with van der Waals surface area (Å²) in [6.45, 7) is 9.79. The van der Waals surface area contributed by atoms with Crippen LogP contribution in [0.15, 0.2) is 36.8 Å².